The van der Waals surface area contributed by atoms with Crippen molar-refractivity contribution in [2.45, 2.75) is 19.4 Å². The highest BCUT2D eigenvalue weighted by atomic mass is 32.1. The Kier molecular flexibility index (Phi) is 3.22. The number of aromatic nitrogens is 1. The van der Waals surface area contributed by atoms with E-state index in [1.165, 1.54) is 0 Å². The molecule has 84 valence electrons. The molecule has 0 bridgehead atoms. The lowest BCUT2D eigenvalue weighted by Crippen LogP contribution is -2.04. The average molecular weight is 234 g/mol. The fraction of sp³-hybridized carbons (Fsp3) is 0.250. The van der Waals surface area contributed by atoms with E-state index in [-0.39, 0.29) is 0 Å². The third kappa shape index (κ3) is 2.23. The summed E-state index contributed by atoms with van der Waals surface area (Å²) in [4.78, 5) is 4.01. The van der Waals surface area contributed by atoms with E-state index in [0.29, 0.717) is 12.1 Å². The second-order valence-corrected chi connectivity index (χ2v) is 4.55. The lowest BCUT2D eigenvalue weighted by atomic mass is 10.0. The molecule has 0 saturated heterocycles. The van der Waals surface area contributed by atoms with Gasteiger partial charge in [0, 0.05) is 24.5 Å². The molecule has 2 aromatic heterocycles. The molecule has 1 atom stereocenters. The number of nitrogens with two attached hydrogens (primary N) is 1. The molecule has 2 heterocycles. The van der Waals surface area contributed by atoms with Crippen molar-refractivity contribution in [3.63, 3.8) is 0 Å². The summed E-state index contributed by atoms with van der Waals surface area (Å²) in [5.41, 5.74) is 9.49. The van der Waals surface area contributed by atoms with E-state index in [0.717, 1.165) is 16.7 Å². The molecule has 16 heavy (non-hydrogen) atoms. The number of hydrogen-bond acceptors (Lipinski definition) is 4. The number of nitrogen functional groups attached to an aromatic ring is 1. The van der Waals surface area contributed by atoms with E-state index in [2.05, 4.69) is 4.98 Å². The zero-order valence-corrected chi connectivity index (χ0v) is 9.87. The summed E-state index contributed by atoms with van der Waals surface area (Å²) >= 11 is 1.60. The zero-order chi connectivity index (χ0) is 11.5. The number of thiophene rings is 1. The van der Waals surface area contributed by atoms with Crippen molar-refractivity contribution in [3.8, 4) is 0 Å². The van der Waals surface area contributed by atoms with Crippen LogP contribution in [0.1, 0.15) is 22.8 Å². The Morgan fingerprint density at radius 2 is 2.31 bits per heavy atom. The van der Waals surface area contributed by atoms with Crippen LogP contribution in [0.2, 0.25) is 0 Å². The van der Waals surface area contributed by atoms with E-state index in [1.807, 2.05) is 17.7 Å². The van der Waals surface area contributed by atoms with E-state index in [9.17, 15) is 5.11 Å². The predicted octanol–water partition coefficient (Wildman–Crippen LogP) is 2.31. The molecule has 0 aliphatic carbocycles. The minimum absolute atomic E-state index is 0.502. The zero-order valence-electron chi connectivity index (χ0n) is 9.05. The molecule has 3 nitrogen and oxygen atoms in total. The molecular formula is C12H14N2OS. The second-order valence-electron chi connectivity index (χ2n) is 3.80. The van der Waals surface area contributed by atoms with Gasteiger partial charge in [0.1, 0.15) is 0 Å². The SMILES string of the molecule is Cc1cscc1C(O)Cc1cnccc1N. The Morgan fingerprint density at radius 1 is 1.50 bits per heavy atom. The van der Waals surface area contributed by atoms with Gasteiger partial charge in [-0.3, -0.25) is 4.98 Å². The van der Waals surface area contributed by atoms with Crippen molar-refractivity contribution < 1.29 is 5.11 Å². The normalized spacial score (nSPS) is 12.6. The Labute approximate surface area is 98.6 Å². The van der Waals surface area contributed by atoms with Crippen LogP contribution in [-0.2, 0) is 6.42 Å². The second kappa shape index (κ2) is 4.63. The van der Waals surface area contributed by atoms with Crippen LogP contribution in [0.25, 0.3) is 0 Å². The first-order valence-electron chi connectivity index (χ1n) is 5.07. The van der Waals surface area contributed by atoms with Gasteiger partial charge in [0.25, 0.3) is 0 Å². The van der Waals surface area contributed by atoms with Gasteiger partial charge in [-0.25, -0.2) is 0 Å². The predicted molar refractivity (Wildman–Crippen MR) is 66.4 cm³/mol. The maximum Gasteiger partial charge on any atom is 0.0842 e. The van der Waals surface area contributed by atoms with Gasteiger partial charge in [-0.05, 0) is 40.4 Å². The molecule has 2 aromatic rings. The van der Waals surface area contributed by atoms with E-state index < -0.39 is 6.10 Å². The summed E-state index contributed by atoms with van der Waals surface area (Å²) in [6.07, 6.45) is 3.37. The Bertz CT molecular complexity index is 481. The summed E-state index contributed by atoms with van der Waals surface area (Å²) < 4.78 is 0. The number of aryl methyl sites for hydroxylation is 1. The van der Waals surface area contributed by atoms with Crippen molar-refractivity contribution in [1.82, 2.24) is 4.98 Å². The lowest BCUT2D eigenvalue weighted by molar-refractivity contribution is 0.178. The molecule has 0 aliphatic heterocycles. The molecule has 1 unspecified atom stereocenters. The number of pyridine rings is 1. The standard InChI is InChI=1S/C12H14N2OS/c1-8-6-16-7-10(8)12(15)4-9-5-14-3-2-11(9)13/h2-3,5-7,12,15H,4H2,1H3,(H2,13,14). The molecule has 0 fully saturated rings. The number of hydrogen-bond donors (Lipinski definition) is 2. The van der Waals surface area contributed by atoms with Crippen LogP contribution in [0, 0.1) is 6.92 Å². The van der Waals surface area contributed by atoms with Crippen LogP contribution in [0.4, 0.5) is 5.69 Å². The molecular weight excluding hydrogens is 220 g/mol. The minimum Gasteiger partial charge on any atom is -0.398 e. The molecule has 4 heteroatoms. The van der Waals surface area contributed by atoms with Gasteiger partial charge in [0.05, 0.1) is 6.10 Å². The summed E-state index contributed by atoms with van der Waals surface area (Å²) in [7, 11) is 0. The molecule has 3 N–H and O–H groups in total. The monoisotopic (exact) mass is 234 g/mol. The first-order valence-corrected chi connectivity index (χ1v) is 6.02. The van der Waals surface area contributed by atoms with Gasteiger partial charge in [-0.2, -0.15) is 11.3 Å². The smallest absolute Gasteiger partial charge is 0.0842 e. The Balaban J connectivity index is 2.17. The molecule has 0 aromatic carbocycles. The van der Waals surface area contributed by atoms with E-state index in [4.69, 9.17) is 5.73 Å². The summed E-state index contributed by atoms with van der Waals surface area (Å²) in [5.74, 6) is 0. The number of aliphatic hydroxyl groups is 1. The fourth-order valence-electron chi connectivity index (χ4n) is 1.64. The van der Waals surface area contributed by atoms with Gasteiger partial charge >= 0.3 is 0 Å². The molecule has 0 saturated carbocycles. The molecule has 0 amide bonds. The summed E-state index contributed by atoms with van der Waals surface area (Å²) in [5, 5.41) is 14.1. The molecule has 0 radical (unpaired) electrons. The lowest BCUT2D eigenvalue weighted by Gasteiger charge is -2.11. The molecule has 2 rings (SSSR count). The number of nitrogens with zero attached hydrogens (tertiary/aromatic N) is 1. The Hall–Kier alpha value is -1.39. The van der Waals surface area contributed by atoms with Crippen molar-refractivity contribution >= 4 is 17.0 Å². The quantitative estimate of drug-likeness (QED) is 0.856. The molecule has 0 aliphatic rings. The van der Waals surface area contributed by atoms with Crippen molar-refractivity contribution in [2.75, 3.05) is 5.73 Å². The Morgan fingerprint density at radius 3 is 2.94 bits per heavy atom. The van der Waals surface area contributed by atoms with Crippen molar-refractivity contribution in [1.29, 1.82) is 0 Å². The maximum absolute atomic E-state index is 10.1. The minimum atomic E-state index is -0.502. The average Bonchev–Trinajstić information content (AvgIpc) is 2.68. The first-order chi connectivity index (χ1) is 7.68. The van der Waals surface area contributed by atoms with Crippen LogP contribution in [0.3, 0.4) is 0 Å². The van der Waals surface area contributed by atoms with Gasteiger partial charge in [0.2, 0.25) is 0 Å². The van der Waals surface area contributed by atoms with Gasteiger partial charge in [-0.1, -0.05) is 0 Å². The highest BCUT2D eigenvalue weighted by Crippen LogP contribution is 2.26. The van der Waals surface area contributed by atoms with E-state index in [1.54, 1.807) is 29.8 Å². The number of rotatable bonds is 3. The first kappa shape index (κ1) is 11.1. The van der Waals surface area contributed by atoms with Gasteiger partial charge in [0.15, 0.2) is 0 Å². The van der Waals surface area contributed by atoms with Gasteiger partial charge in [-0.15, -0.1) is 0 Å². The highest BCUT2D eigenvalue weighted by molar-refractivity contribution is 7.08. The summed E-state index contributed by atoms with van der Waals surface area (Å²) in [6, 6.07) is 1.75. The van der Waals surface area contributed by atoms with Crippen LogP contribution in [0.5, 0.6) is 0 Å². The van der Waals surface area contributed by atoms with Crippen LogP contribution >= 0.6 is 11.3 Å². The van der Waals surface area contributed by atoms with Crippen LogP contribution in [-0.4, -0.2) is 10.1 Å². The van der Waals surface area contributed by atoms with Gasteiger partial charge < -0.3 is 10.8 Å². The summed E-state index contributed by atoms with van der Waals surface area (Å²) in [6.45, 7) is 2.00. The number of aliphatic hydroxyl groups excluding tert-OH is 1. The number of anilines is 1. The third-order valence-corrected chi connectivity index (χ3v) is 3.49. The van der Waals surface area contributed by atoms with Crippen molar-refractivity contribution in [3.05, 3.63) is 45.9 Å². The topological polar surface area (TPSA) is 59.1 Å². The largest absolute Gasteiger partial charge is 0.398 e. The van der Waals surface area contributed by atoms with Crippen LogP contribution in [0.15, 0.2) is 29.2 Å². The van der Waals surface area contributed by atoms with Crippen LogP contribution < -0.4 is 5.73 Å². The highest BCUT2D eigenvalue weighted by Gasteiger charge is 2.13. The molecule has 0 spiro atoms. The van der Waals surface area contributed by atoms with Crippen molar-refractivity contribution in [2.24, 2.45) is 0 Å². The van der Waals surface area contributed by atoms with E-state index >= 15 is 0 Å². The fourth-order valence-corrected chi connectivity index (χ4v) is 2.54. The maximum atomic E-state index is 10.1. The third-order valence-electron chi connectivity index (χ3n) is 2.61.